The van der Waals surface area contributed by atoms with Crippen molar-refractivity contribution in [1.29, 1.82) is 0 Å². The molecule has 0 radical (unpaired) electrons. The predicted octanol–water partition coefficient (Wildman–Crippen LogP) is 6.01. The Balaban J connectivity index is 1.28. The summed E-state index contributed by atoms with van der Waals surface area (Å²) in [4.78, 5) is 23.9. The van der Waals surface area contributed by atoms with Gasteiger partial charge >= 0.3 is 6.36 Å². The highest BCUT2D eigenvalue weighted by molar-refractivity contribution is 9.10. The van der Waals surface area contributed by atoms with E-state index < -0.39 is 18.0 Å². The number of fused-ring (bicyclic) bond motifs is 1. The van der Waals surface area contributed by atoms with Gasteiger partial charge in [0.15, 0.2) is 0 Å². The number of halogens is 4. The minimum Gasteiger partial charge on any atom is -0.405 e. The Bertz CT molecular complexity index is 1250. The van der Waals surface area contributed by atoms with Crippen molar-refractivity contribution in [3.63, 3.8) is 0 Å². The molecule has 198 valence electrons. The van der Waals surface area contributed by atoms with Crippen molar-refractivity contribution in [3.05, 3.63) is 52.5 Å². The van der Waals surface area contributed by atoms with Crippen molar-refractivity contribution in [2.75, 3.05) is 37.4 Å². The van der Waals surface area contributed by atoms with Crippen LogP contribution in [0.15, 0.2) is 46.9 Å². The topological polar surface area (TPSA) is 79.4 Å². The van der Waals surface area contributed by atoms with Gasteiger partial charge in [0.2, 0.25) is 5.95 Å². The fourth-order valence-corrected chi connectivity index (χ4v) is 4.92. The van der Waals surface area contributed by atoms with E-state index in [1.807, 2.05) is 43.3 Å². The molecule has 1 aliphatic rings. The fourth-order valence-electron chi connectivity index (χ4n) is 4.58. The monoisotopic (exact) mass is 579 g/mol. The van der Waals surface area contributed by atoms with Crippen LogP contribution >= 0.6 is 15.9 Å². The number of rotatable bonds is 8. The number of carbonyl (C=O) groups excluding carboxylic acids is 1. The molecule has 0 unspecified atom stereocenters. The molecule has 0 bridgehead atoms. The summed E-state index contributed by atoms with van der Waals surface area (Å²) in [7, 11) is 3.92. The maximum atomic E-state index is 12.7. The molecule has 1 aromatic heterocycles. The SMILES string of the molecule is CN(C)c1nc(NC[C@H]2CC[C@H](CNC(=O)c3ccc(Br)cc3OC(F)(F)F)CC2)nc2ccccc12. The van der Waals surface area contributed by atoms with E-state index in [1.54, 1.807) is 0 Å². The number of nitrogens with zero attached hydrogens (tertiary/aromatic N) is 3. The van der Waals surface area contributed by atoms with Gasteiger partial charge in [0.25, 0.3) is 5.91 Å². The molecule has 1 amide bonds. The maximum absolute atomic E-state index is 12.7. The molecule has 0 atom stereocenters. The second-order valence-electron chi connectivity index (χ2n) is 9.45. The van der Waals surface area contributed by atoms with E-state index in [9.17, 15) is 18.0 Å². The quantitative estimate of drug-likeness (QED) is 0.340. The molecule has 1 heterocycles. The van der Waals surface area contributed by atoms with Gasteiger partial charge in [0.05, 0.1) is 11.1 Å². The van der Waals surface area contributed by atoms with Crippen molar-refractivity contribution in [1.82, 2.24) is 15.3 Å². The summed E-state index contributed by atoms with van der Waals surface area (Å²) in [6.07, 6.45) is -1.10. The minimum absolute atomic E-state index is 0.147. The van der Waals surface area contributed by atoms with Crippen molar-refractivity contribution < 1.29 is 22.7 Å². The molecule has 0 aliphatic heterocycles. The van der Waals surface area contributed by atoms with Crippen LogP contribution in [0.1, 0.15) is 36.0 Å². The zero-order chi connectivity index (χ0) is 26.6. The number of aromatic nitrogens is 2. The van der Waals surface area contributed by atoms with Crippen LogP contribution < -0.4 is 20.3 Å². The van der Waals surface area contributed by atoms with E-state index in [0.29, 0.717) is 22.9 Å². The third kappa shape index (κ3) is 7.24. The van der Waals surface area contributed by atoms with Gasteiger partial charge in [-0.1, -0.05) is 28.1 Å². The van der Waals surface area contributed by atoms with Gasteiger partial charge in [-0.25, -0.2) is 4.98 Å². The standard InChI is InChI=1S/C26H29BrF3N5O2/c1-35(2)23-19-5-3-4-6-21(19)33-25(34-23)32-15-17-9-7-16(8-10-17)14-31-24(36)20-12-11-18(27)13-22(20)37-26(28,29)30/h3-6,11-13,16-17H,7-10,14-15H2,1-2H3,(H,31,36)(H,32,33,34)/t16-,17-. The zero-order valence-corrected chi connectivity index (χ0v) is 22.2. The molecule has 1 saturated carbocycles. The van der Waals surface area contributed by atoms with Gasteiger partial charge in [-0.2, -0.15) is 4.98 Å². The third-order valence-electron chi connectivity index (χ3n) is 6.49. The van der Waals surface area contributed by atoms with Crippen LogP contribution in [0.25, 0.3) is 10.9 Å². The minimum atomic E-state index is -4.88. The highest BCUT2D eigenvalue weighted by atomic mass is 79.9. The first-order valence-electron chi connectivity index (χ1n) is 12.1. The predicted molar refractivity (Wildman–Crippen MR) is 141 cm³/mol. The number of hydrogen-bond donors (Lipinski definition) is 2. The molecular formula is C26H29BrF3N5O2. The van der Waals surface area contributed by atoms with Crippen LogP contribution in [0.3, 0.4) is 0 Å². The number of ether oxygens (including phenoxy) is 1. The molecule has 4 rings (SSSR count). The molecule has 2 aromatic carbocycles. The van der Waals surface area contributed by atoms with Crippen LogP contribution in [0.2, 0.25) is 0 Å². The van der Waals surface area contributed by atoms with Gasteiger partial charge in [0, 0.05) is 37.0 Å². The van der Waals surface area contributed by atoms with E-state index in [2.05, 4.69) is 41.3 Å². The number of anilines is 2. The van der Waals surface area contributed by atoms with Crippen molar-refractivity contribution in [3.8, 4) is 5.75 Å². The average Bonchev–Trinajstić information content (AvgIpc) is 2.85. The van der Waals surface area contributed by atoms with Crippen LogP contribution in [-0.4, -0.2) is 49.4 Å². The van der Waals surface area contributed by atoms with Gasteiger partial charge in [-0.3, -0.25) is 4.79 Å². The molecule has 7 nitrogen and oxygen atoms in total. The number of nitrogens with one attached hydrogen (secondary N) is 2. The highest BCUT2D eigenvalue weighted by Gasteiger charge is 2.33. The smallest absolute Gasteiger partial charge is 0.405 e. The summed E-state index contributed by atoms with van der Waals surface area (Å²) in [5.74, 6) is 1.07. The van der Waals surface area contributed by atoms with E-state index in [4.69, 9.17) is 0 Å². The van der Waals surface area contributed by atoms with Gasteiger partial charge in [-0.15, -0.1) is 13.2 Å². The number of benzene rings is 2. The Morgan fingerprint density at radius 3 is 2.41 bits per heavy atom. The Morgan fingerprint density at radius 1 is 1.05 bits per heavy atom. The van der Waals surface area contributed by atoms with Crippen LogP contribution in [0.4, 0.5) is 24.9 Å². The van der Waals surface area contributed by atoms with E-state index in [0.717, 1.165) is 55.0 Å². The number of para-hydroxylation sites is 1. The second-order valence-corrected chi connectivity index (χ2v) is 10.4. The average molecular weight is 580 g/mol. The Labute approximate surface area is 221 Å². The lowest BCUT2D eigenvalue weighted by atomic mass is 9.82. The van der Waals surface area contributed by atoms with Crippen molar-refractivity contribution in [2.24, 2.45) is 11.8 Å². The number of hydrogen-bond acceptors (Lipinski definition) is 6. The molecule has 3 aromatic rings. The maximum Gasteiger partial charge on any atom is 0.573 e. The summed E-state index contributed by atoms with van der Waals surface area (Å²) < 4.78 is 42.7. The van der Waals surface area contributed by atoms with E-state index in [-0.39, 0.29) is 11.5 Å². The lowest BCUT2D eigenvalue weighted by Crippen LogP contribution is -2.33. The molecule has 11 heteroatoms. The number of amides is 1. The largest absolute Gasteiger partial charge is 0.573 e. The highest BCUT2D eigenvalue weighted by Crippen LogP contribution is 2.31. The Morgan fingerprint density at radius 2 is 1.73 bits per heavy atom. The summed E-state index contributed by atoms with van der Waals surface area (Å²) in [6, 6.07) is 11.9. The van der Waals surface area contributed by atoms with E-state index in [1.165, 1.54) is 12.1 Å². The number of carbonyl (C=O) groups is 1. The van der Waals surface area contributed by atoms with E-state index >= 15 is 0 Å². The van der Waals surface area contributed by atoms with Crippen LogP contribution in [0.5, 0.6) is 5.75 Å². The van der Waals surface area contributed by atoms with Crippen molar-refractivity contribution in [2.45, 2.75) is 32.0 Å². The number of alkyl halides is 3. The lowest BCUT2D eigenvalue weighted by Gasteiger charge is -2.29. The molecular weight excluding hydrogens is 551 g/mol. The van der Waals surface area contributed by atoms with Crippen LogP contribution in [-0.2, 0) is 0 Å². The fraction of sp³-hybridized carbons (Fsp3) is 0.423. The van der Waals surface area contributed by atoms with Crippen molar-refractivity contribution >= 4 is 44.5 Å². The Hall–Kier alpha value is -3.08. The normalized spacial score (nSPS) is 17.9. The van der Waals surface area contributed by atoms with Gasteiger partial charge < -0.3 is 20.3 Å². The summed E-state index contributed by atoms with van der Waals surface area (Å²) in [5.41, 5.74) is 0.739. The van der Waals surface area contributed by atoms with Gasteiger partial charge in [0.1, 0.15) is 11.6 Å². The molecule has 37 heavy (non-hydrogen) atoms. The molecule has 0 saturated heterocycles. The summed E-state index contributed by atoms with van der Waals surface area (Å²) in [5, 5.41) is 7.17. The van der Waals surface area contributed by atoms with Gasteiger partial charge in [-0.05, 0) is 67.9 Å². The second kappa shape index (κ2) is 11.5. The first kappa shape index (κ1) is 27.0. The zero-order valence-electron chi connectivity index (χ0n) is 20.6. The first-order chi connectivity index (χ1) is 17.6. The molecule has 1 aliphatic carbocycles. The lowest BCUT2D eigenvalue weighted by molar-refractivity contribution is -0.274. The molecule has 1 fully saturated rings. The summed E-state index contributed by atoms with van der Waals surface area (Å²) in [6.45, 7) is 1.15. The summed E-state index contributed by atoms with van der Waals surface area (Å²) >= 11 is 3.11. The molecule has 2 N–H and O–H groups in total. The van der Waals surface area contributed by atoms with Crippen LogP contribution in [0, 0.1) is 11.8 Å². The molecule has 0 spiro atoms. The first-order valence-corrected chi connectivity index (χ1v) is 12.9. The Kier molecular flexibility index (Phi) is 8.41. The third-order valence-corrected chi connectivity index (χ3v) is 6.98.